The van der Waals surface area contributed by atoms with Gasteiger partial charge in [-0.05, 0) is 132 Å². The Morgan fingerprint density at radius 2 is 0.827 bits per heavy atom. The first-order chi connectivity index (χ1) is 25.1. The van der Waals surface area contributed by atoms with Crippen LogP contribution in [0.4, 0.5) is 0 Å². The molecule has 0 saturated heterocycles. The van der Waals surface area contributed by atoms with Gasteiger partial charge in [0.05, 0.1) is 0 Å². The second kappa shape index (κ2) is 16.1. The lowest BCUT2D eigenvalue weighted by molar-refractivity contribution is 0.398. The third-order valence-corrected chi connectivity index (χ3v) is 12.7. The molecule has 274 valence electrons. The fraction of sp³-hybridized carbons (Fsp3) is 0.417. The lowest BCUT2D eigenvalue weighted by Crippen LogP contribution is -2.31. The summed E-state index contributed by atoms with van der Waals surface area (Å²) in [6.07, 6.45) is 17.9. The van der Waals surface area contributed by atoms with Crippen LogP contribution in [0.1, 0.15) is 147 Å². The molecule has 0 unspecified atom stereocenters. The molecule has 0 aromatic heterocycles. The average Bonchev–Trinajstić information content (AvgIpc) is 3.16. The SMILES string of the molecule is C=CCc1cc(C(C)(CCC(C)(c2ccc(O)c(C3CCCCC3)c2)c2ccc(O)c(C3CCCCC3)c2)c2ccc(O)c(CC=C)c2)ccc1O. The van der Waals surface area contributed by atoms with Crippen LogP contribution in [-0.4, -0.2) is 20.4 Å². The van der Waals surface area contributed by atoms with E-state index in [1.807, 2.05) is 36.4 Å². The second-order valence-corrected chi connectivity index (χ2v) is 16.1. The predicted molar refractivity (Wildman–Crippen MR) is 214 cm³/mol. The number of hydrogen-bond acceptors (Lipinski definition) is 4. The summed E-state index contributed by atoms with van der Waals surface area (Å²) in [5, 5.41) is 44.0. The molecule has 0 atom stereocenters. The second-order valence-electron chi connectivity index (χ2n) is 16.1. The van der Waals surface area contributed by atoms with E-state index < -0.39 is 10.8 Å². The molecule has 0 radical (unpaired) electrons. The molecular formula is C48H58O4. The summed E-state index contributed by atoms with van der Waals surface area (Å²) in [6.45, 7) is 12.5. The van der Waals surface area contributed by atoms with Crippen molar-refractivity contribution < 1.29 is 20.4 Å². The number of allylic oxidation sites excluding steroid dienone is 2. The van der Waals surface area contributed by atoms with E-state index >= 15 is 0 Å². The van der Waals surface area contributed by atoms with Crippen molar-refractivity contribution in [3.8, 4) is 23.0 Å². The van der Waals surface area contributed by atoms with E-state index in [4.69, 9.17) is 0 Å². The van der Waals surface area contributed by atoms with Gasteiger partial charge in [-0.15, -0.1) is 13.2 Å². The summed E-state index contributed by atoms with van der Waals surface area (Å²) in [5.41, 5.74) is 7.32. The van der Waals surface area contributed by atoms with Gasteiger partial charge >= 0.3 is 0 Å². The molecule has 52 heavy (non-hydrogen) atoms. The Kier molecular flexibility index (Phi) is 11.5. The van der Waals surface area contributed by atoms with Gasteiger partial charge in [-0.25, -0.2) is 0 Å². The van der Waals surface area contributed by atoms with Gasteiger partial charge in [0.15, 0.2) is 0 Å². The van der Waals surface area contributed by atoms with Crippen molar-refractivity contribution in [3.63, 3.8) is 0 Å². The van der Waals surface area contributed by atoms with Crippen molar-refractivity contribution in [1.29, 1.82) is 0 Å². The minimum Gasteiger partial charge on any atom is -0.508 e. The zero-order valence-corrected chi connectivity index (χ0v) is 31.3. The van der Waals surface area contributed by atoms with Gasteiger partial charge in [-0.3, -0.25) is 0 Å². The Labute approximate surface area is 311 Å². The summed E-state index contributed by atoms with van der Waals surface area (Å²) in [4.78, 5) is 0. The van der Waals surface area contributed by atoms with Crippen LogP contribution in [0.15, 0.2) is 98.1 Å². The summed E-state index contributed by atoms with van der Waals surface area (Å²) < 4.78 is 0. The molecule has 2 aliphatic carbocycles. The molecule has 4 aromatic rings. The molecule has 4 heteroatoms. The first-order valence-electron chi connectivity index (χ1n) is 19.6. The molecule has 0 bridgehead atoms. The van der Waals surface area contributed by atoms with Crippen LogP contribution < -0.4 is 0 Å². The molecule has 4 aromatic carbocycles. The maximum Gasteiger partial charge on any atom is 0.119 e. The highest BCUT2D eigenvalue weighted by Gasteiger charge is 2.38. The van der Waals surface area contributed by atoms with Crippen LogP contribution in [0.3, 0.4) is 0 Å². The van der Waals surface area contributed by atoms with Gasteiger partial charge in [0.2, 0.25) is 0 Å². The van der Waals surface area contributed by atoms with Crippen molar-refractivity contribution in [2.24, 2.45) is 0 Å². The summed E-state index contributed by atoms with van der Waals surface area (Å²) >= 11 is 0. The molecule has 0 heterocycles. The summed E-state index contributed by atoms with van der Waals surface area (Å²) in [5.74, 6) is 1.98. The third kappa shape index (κ3) is 7.68. The number of hydrogen-bond donors (Lipinski definition) is 4. The van der Waals surface area contributed by atoms with Crippen LogP contribution in [0.25, 0.3) is 0 Å². The van der Waals surface area contributed by atoms with E-state index in [-0.39, 0.29) is 11.5 Å². The van der Waals surface area contributed by atoms with E-state index in [9.17, 15) is 20.4 Å². The highest BCUT2D eigenvalue weighted by atomic mass is 16.3. The van der Waals surface area contributed by atoms with Crippen molar-refractivity contribution in [1.82, 2.24) is 0 Å². The zero-order valence-electron chi connectivity index (χ0n) is 31.3. The van der Waals surface area contributed by atoms with E-state index in [1.54, 1.807) is 12.1 Å². The fourth-order valence-corrected chi connectivity index (χ4v) is 9.18. The standard InChI is InChI=1S/C48H58O4/c1-5-13-35-29-37(19-23-43(35)49)47(3,38-20-24-44(50)36(30-38)14-6-2)27-28-48(4,39-21-25-45(51)41(31-39)33-15-9-7-10-16-33)40-22-26-46(52)42(32-40)34-17-11-8-12-18-34/h5-6,19-26,29-34,49-52H,1-2,7-18,27-28H2,3-4H3. The molecule has 4 nitrogen and oxygen atoms in total. The van der Waals surface area contributed by atoms with Gasteiger partial charge in [-0.1, -0.05) is 113 Å². The third-order valence-electron chi connectivity index (χ3n) is 12.7. The molecule has 0 spiro atoms. The van der Waals surface area contributed by atoms with E-state index in [1.165, 1.54) is 49.7 Å². The first-order valence-corrected chi connectivity index (χ1v) is 19.6. The van der Waals surface area contributed by atoms with Gasteiger partial charge in [0.25, 0.3) is 0 Å². The zero-order chi connectivity index (χ0) is 36.9. The van der Waals surface area contributed by atoms with Gasteiger partial charge in [0, 0.05) is 10.8 Å². The number of rotatable bonds is 13. The quantitative estimate of drug-likeness (QED) is 0.105. The normalized spacial score (nSPS) is 16.1. The van der Waals surface area contributed by atoms with Gasteiger partial charge in [-0.2, -0.15) is 0 Å². The van der Waals surface area contributed by atoms with Gasteiger partial charge in [0.1, 0.15) is 23.0 Å². The molecule has 0 aliphatic heterocycles. The number of benzene rings is 4. The topological polar surface area (TPSA) is 80.9 Å². The minimum atomic E-state index is -0.499. The predicted octanol–water partition coefficient (Wildman–Crippen LogP) is 12.2. The van der Waals surface area contributed by atoms with Crippen LogP contribution in [0.5, 0.6) is 23.0 Å². The lowest BCUT2D eigenvalue weighted by Gasteiger charge is -2.39. The molecule has 0 amide bonds. The van der Waals surface area contributed by atoms with Crippen LogP contribution in [0.2, 0.25) is 0 Å². The maximum absolute atomic E-state index is 11.2. The highest BCUT2D eigenvalue weighted by Crippen LogP contribution is 2.48. The average molecular weight is 699 g/mol. The largest absolute Gasteiger partial charge is 0.508 e. The smallest absolute Gasteiger partial charge is 0.119 e. The Morgan fingerprint density at radius 1 is 0.500 bits per heavy atom. The summed E-state index contributed by atoms with van der Waals surface area (Å²) in [7, 11) is 0. The van der Waals surface area contributed by atoms with E-state index in [2.05, 4.69) is 63.4 Å². The van der Waals surface area contributed by atoms with Crippen molar-refractivity contribution >= 4 is 0 Å². The monoisotopic (exact) mass is 698 g/mol. The number of phenolic OH excluding ortho intramolecular Hbond substituents is 4. The summed E-state index contributed by atoms with van der Waals surface area (Å²) in [6, 6.07) is 24.5. The molecule has 4 N–H and O–H groups in total. The van der Waals surface area contributed by atoms with Crippen LogP contribution in [-0.2, 0) is 23.7 Å². The molecule has 2 aliphatic rings. The molecule has 2 fully saturated rings. The van der Waals surface area contributed by atoms with Crippen LogP contribution >= 0.6 is 0 Å². The Bertz CT molecular complexity index is 1750. The number of phenols is 4. The molecule has 6 rings (SSSR count). The molecular weight excluding hydrogens is 641 g/mol. The Morgan fingerprint density at radius 3 is 1.17 bits per heavy atom. The van der Waals surface area contributed by atoms with E-state index in [0.717, 1.165) is 71.9 Å². The maximum atomic E-state index is 11.2. The van der Waals surface area contributed by atoms with Crippen molar-refractivity contribution in [3.05, 3.63) is 143 Å². The minimum absolute atomic E-state index is 0.257. The van der Waals surface area contributed by atoms with Crippen LogP contribution in [0, 0.1) is 0 Å². The van der Waals surface area contributed by atoms with Gasteiger partial charge < -0.3 is 20.4 Å². The van der Waals surface area contributed by atoms with Crippen molar-refractivity contribution in [2.75, 3.05) is 0 Å². The lowest BCUT2D eigenvalue weighted by atomic mass is 9.65. The Balaban J connectivity index is 1.50. The first kappa shape index (κ1) is 37.3. The van der Waals surface area contributed by atoms with Crippen molar-refractivity contribution in [2.45, 2.75) is 126 Å². The molecule has 2 saturated carbocycles. The number of aromatic hydroxyl groups is 4. The van der Waals surface area contributed by atoms with E-state index in [0.29, 0.717) is 36.2 Å². The highest BCUT2D eigenvalue weighted by molar-refractivity contribution is 5.52. The Hall–Kier alpha value is -4.44. The fourth-order valence-electron chi connectivity index (χ4n) is 9.18.